The van der Waals surface area contributed by atoms with Crippen molar-refractivity contribution in [1.29, 1.82) is 0 Å². The van der Waals surface area contributed by atoms with Gasteiger partial charge in [-0.3, -0.25) is 0 Å². The predicted octanol–water partition coefficient (Wildman–Crippen LogP) is 4.43. The number of anilines is 1. The zero-order valence-electron chi connectivity index (χ0n) is 14.6. The number of carbonyl (C=O) groups excluding carboxylic acids is 1. The van der Waals surface area contributed by atoms with E-state index in [0.717, 1.165) is 41.8 Å². The molecule has 2 N–H and O–H groups in total. The molecule has 0 aliphatic heterocycles. The summed E-state index contributed by atoms with van der Waals surface area (Å²) in [5.74, 6) is -0.592. The summed E-state index contributed by atoms with van der Waals surface area (Å²) in [7, 11) is 1.40. The third-order valence-electron chi connectivity index (χ3n) is 4.40. The highest BCUT2D eigenvalue weighted by molar-refractivity contribution is 7.80. The normalized spacial score (nSPS) is 13.5. The van der Waals surface area contributed by atoms with Crippen LogP contribution in [0.4, 0.5) is 9.39 Å². The van der Waals surface area contributed by atoms with Gasteiger partial charge in [0.2, 0.25) is 0 Å². The Hall–Kier alpha value is -1.99. The fourth-order valence-corrected chi connectivity index (χ4v) is 4.60. The number of halogens is 1. The van der Waals surface area contributed by atoms with Crippen LogP contribution in [0.5, 0.6) is 0 Å². The number of fused-ring (bicyclic) bond motifs is 1. The van der Waals surface area contributed by atoms with Crippen LogP contribution in [0.2, 0.25) is 0 Å². The van der Waals surface area contributed by atoms with Crippen LogP contribution in [0.25, 0.3) is 0 Å². The second-order valence-corrected chi connectivity index (χ2v) is 7.71. The summed E-state index contributed by atoms with van der Waals surface area (Å²) in [5.41, 5.74) is 2.63. The molecule has 26 heavy (non-hydrogen) atoms. The molecule has 2 aromatic rings. The maximum absolute atomic E-state index is 13.0. The Morgan fingerprint density at radius 1 is 1.23 bits per heavy atom. The number of ether oxygens (including phenoxy) is 1. The van der Waals surface area contributed by atoms with Gasteiger partial charge in [0.25, 0.3) is 0 Å². The molecule has 4 nitrogen and oxygen atoms in total. The molecule has 1 aliphatic rings. The van der Waals surface area contributed by atoms with E-state index in [1.54, 1.807) is 23.5 Å². The van der Waals surface area contributed by atoms with Crippen molar-refractivity contribution in [1.82, 2.24) is 5.32 Å². The van der Waals surface area contributed by atoms with Gasteiger partial charge in [-0.05, 0) is 61.2 Å². The van der Waals surface area contributed by atoms with Crippen LogP contribution in [-0.2, 0) is 24.1 Å². The Morgan fingerprint density at radius 3 is 2.69 bits per heavy atom. The lowest BCUT2D eigenvalue weighted by atomic mass is 10.1. The minimum absolute atomic E-state index is 0.266. The topological polar surface area (TPSA) is 50.4 Å². The van der Waals surface area contributed by atoms with Gasteiger partial charge in [-0.15, -0.1) is 11.3 Å². The summed E-state index contributed by atoms with van der Waals surface area (Å²) in [6.45, 7) is 0.477. The van der Waals surface area contributed by atoms with Crippen LogP contribution in [0.1, 0.15) is 45.6 Å². The van der Waals surface area contributed by atoms with Crippen molar-refractivity contribution in [3.05, 3.63) is 51.7 Å². The fraction of sp³-hybridized carbons (Fsp3) is 0.368. The molecule has 1 aliphatic carbocycles. The van der Waals surface area contributed by atoms with Gasteiger partial charge < -0.3 is 15.4 Å². The van der Waals surface area contributed by atoms with E-state index in [2.05, 4.69) is 10.6 Å². The van der Waals surface area contributed by atoms with Crippen molar-refractivity contribution in [2.75, 3.05) is 12.4 Å². The molecule has 0 radical (unpaired) electrons. The number of methoxy groups -OCH3 is 1. The van der Waals surface area contributed by atoms with E-state index >= 15 is 0 Å². The Labute approximate surface area is 161 Å². The number of thiocarbonyl (C=S) groups is 1. The maximum Gasteiger partial charge on any atom is 0.341 e. The zero-order valence-corrected chi connectivity index (χ0v) is 16.2. The lowest BCUT2D eigenvalue weighted by Crippen LogP contribution is -2.28. The van der Waals surface area contributed by atoms with Crippen molar-refractivity contribution in [3.63, 3.8) is 0 Å². The molecule has 1 heterocycles. The molecule has 0 saturated heterocycles. The first-order chi connectivity index (χ1) is 12.6. The van der Waals surface area contributed by atoms with E-state index in [9.17, 15) is 9.18 Å². The summed E-state index contributed by atoms with van der Waals surface area (Å²) in [4.78, 5) is 13.6. The third-order valence-corrected chi connectivity index (χ3v) is 5.86. The summed E-state index contributed by atoms with van der Waals surface area (Å²) in [5, 5.41) is 7.41. The quantitative estimate of drug-likeness (QED) is 0.458. The molecule has 138 valence electrons. The molecule has 0 spiro atoms. The van der Waals surface area contributed by atoms with Crippen LogP contribution in [0, 0.1) is 5.82 Å². The first-order valence-electron chi connectivity index (χ1n) is 8.60. The van der Waals surface area contributed by atoms with E-state index in [-0.39, 0.29) is 11.8 Å². The van der Waals surface area contributed by atoms with Crippen molar-refractivity contribution >= 4 is 39.6 Å². The Balaban J connectivity index is 1.72. The van der Waals surface area contributed by atoms with Gasteiger partial charge >= 0.3 is 5.97 Å². The lowest BCUT2D eigenvalue weighted by Gasteiger charge is -2.11. The van der Waals surface area contributed by atoms with Crippen molar-refractivity contribution in [3.8, 4) is 0 Å². The first kappa shape index (κ1) is 18.8. The summed E-state index contributed by atoms with van der Waals surface area (Å²) in [6.07, 6.45) is 5.29. The minimum atomic E-state index is -0.326. The highest BCUT2D eigenvalue weighted by Gasteiger charge is 2.25. The van der Waals surface area contributed by atoms with E-state index < -0.39 is 0 Å². The monoisotopic (exact) mass is 392 g/mol. The summed E-state index contributed by atoms with van der Waals surface area (Å²) >= 11 is 6.95. The number of carbonyl (C=O) groups is 1. The average Bonchev–Trinajstić information content (AvgIpc) is 2.81. The third kappa shape index (κ3) is 4.40. The Bertz CT molecular complexity index is 803. The lowest BCUT2D eigenvalue weighted by molar-refractivity contribution is 0.0601. The maximum atomic E-state index is 13.0. The highest BCUT2D eigenvalue weighted by Crippen LogP contribution is 2.37. The second-order valence-electron chi connectivity index (χ2n) is 6.19. The van der Waals surface area contributed by atoms with Gasteiger partial charge in [-0.1, -0.05) is 18.6 Å². The smallest absolute Gasteiger partial charge is 0.341 e. The fourth-order valence-electron chi connectivity index (χ4n) is 3.08. The van der Waals surface area contributed by atoms with E-state index in [1.165, 1.54) is 30.5 Å². The van der Waals surface area contributed by atoms with E-state index in [4.69, 9.17) is 17.0 Å². The number of aryl methyl sites for hydroxylation is 1. The van der Waals surface area contributed by atoms with Gasteiger partial charge in [-0.25, -0.2) is 9.18 Å². The van der Waals surface area contributed by atoms with Crippen molar-refractivity contribution < 1.29 is 13.9 Å². The number of benzene rings is 1. The van der Waals surface area contributed by atoms with Gasteiger partial charge in [0, 0.05) is 11.4 Å². The number of rotatable bonds is 4. The average molecular weight is 393 g/mol. The molecule has 0 bridgehead atoms. The molecular formula is C19H21FN2O2S2. The van der Waals surface area contributed by atoms with Crippen LogP contribution < -0.4 is 10.6 Å². The first-order valence-corrected chi connectivity index (χ1v) is 9.83. The second kappa shape index (κ2) is 8.60. The van der Waals surface area contributed by atoms with Crippen molar-refractivity contribution in [2.45, 2.75) is 38.6 Å². The molecule has 0 amide bonds. The molecule has 0 saturated carbocycles. The predicted molar refractivity (Wildman–Crippen MR) is 106 cm³/mol. The van der Waals surface area contributed by atoms with E-state index in [0.29, 0.717) is 17.2 Å². The van der Waals surface area contributed by atoms with Crippen LogP contribution >= 0.6 is 23.6 Å². The molecule has 1 aromatic heterocycles. The number of nitrogens with one attached hydrogen (secondary N) is 2. The molecule has 0 fully saturated rings. The van der Waals surface area contributed by atoms with Crippen LogP contribution in [0.15, 0.2) is 24.3 Å². The standard InChI is InChI=1S/C19H21FN2O2S2/c1-24-18(23)16-14-5-3-2-4-6-15(14)26-17(16)22-19(25)21-11-12-7-9-13(20)10-8-12/h7-10H,2-6,11H2,1H3,(H2,21,22,25). The minimum Gasteiger partial charge on any atom is -0.465 e. The van der Waals surface area contributed by atoms with Crippen LogP contribution in [-0.4, -0.2) is 18.2 Å². The molecule has 1 aromatic carbocycles. The summed E-state index contributed by atoms with van der Waals surface area (Å²) < 4.78 is 18.0. The van der Waals surface area contributed by atoms with Crippen molar-refractivity contribution in [2.24, 2.45) is 0 Å². The number of hydrogen-bond acceptors (Lipinski definition) is 4. The largest absolute Gasteiger partial charge is 0.465 e. The molecular weight excluding hydrogens is 371 g/mol. The molecule has 3 rings (SSSR count). The number of esters is 1. The van der Waals surface area contributed by atoms with Gasteiger partial charge in [0.05, 0.1) is 12.7 Å². The molecule has 0 unspecified atom stereocenters. The zero-order chi connectivity index (χ0) is 18.5. The van der Waals surface area contributed by atoms with E-state index in [1.807, 2.05) is 0 Å². The molecule has 0 atom stereocenters. The highest BCUT2D eigenvalue weighted by atomic mass is 32.1. The SMILES string of the molecule is COC(=O)c1c(NC(=S)NCc2ccc(F)cc2)sc2c1CCCCC2. The van der Waals surface area contributed by atoms with Gasteiger partial charge in [0.15, 0.2) is 5.11 Å². The Morgan fingerprint density at radius 2 is 1.96 bits per heavy atom. The van der Waals surface area contributed by atoms with Gasteiger partial charge in [0.1, 0.15) is 10.8 Å². The Kier molecular flexibility index (Phi) is 6.21. The molecule has 7 heteroatoms. The number of hydrogen-bond donors (Lipinski definition) is 2. The number of thiophene rings is 1. The van der Waals surface area contributed by atoms with Gasteiger partial charge in [-0.2, -0.15) is 0 Å². The van der Waals surface area contributed by atoms with Crippen LogP contribution in [0.3, 0.4) is 0 Å². The summed E-state index contributed by atoms with van der Waals surface area (Å²) in [6, 6.07) is 6.24.